The molecule has 0 spiro atoms. The van der Waals surface area contributed by atoms with Gasteiger partial charge in [-0.2, -0.15) is 5.26 Å². The van der Waals surface area contributed by atoms with E-state index in [1.54, 1.807) is 24.3 Å². The molecule has 0 bridgehead atoms. The molecule has 0 fully saturated rings. The van der Waals surface area contributed by atoms with Gasteiger partial charge in [0.2, 0.25) is 0 Å². The Morgan fingerprint density at radius 1 is 1.22 bits per heavy atom. The van der Waals surface area contributed by atoms with Gasteiger partial charge in [0.15, 0.2) is 0 Å². The van der Waals surface area contributed by atoms with Crippen LogP contribution in [0.5, 0.6) is 0 Å². The number of aromatic amines is 1. The second-order valence-electron chi connectivity index (χ2n) is 6.34. The molecule has 1 aliphatic carbocycles. The Hall–Kier alpha value is -3.23. The first-order valence-electron chi connectivity index (χ1n) is 8.67. The van der Waals surface area contributed by atoms with Gasteiger partial charge in [0.1, 0.15) is 6.07 Å². The zero-order valence-corrected chi connectivity index (χ0v) is 15.7. The van der Waals surface area contributed by atoms with E-state index in [0.717, 1.165) is 38.7 Å². The monoisotopic (exact) mass is 370 g/mol. The van der Waals surface area contributed by atoms with Crippen LogP contribution in [0.25, 0.3) is 22.4 Å². The van der Waals surface area contributed by atoms with Crippen LogP contribution in [-0.4, -0.2) is 9.97 Å². The summed E-state index contributed by atoms with van der Waals surface area (Å²) in [7, 11) is 0. The van der Waals surface area contributed by atoms with Gasteiger partial charge in [-0.3, -0.25) is 4.98 Å². The van der Waals surface area contributed by atoms with E-state index in [-0.39, 0.29) is 0 Å². The van der Waals surface area contributed by atoms with Crippen molar-refractivity contribution in [1.82, 2.24) is 14.7 Å². The first-order chi connectivity index (χ1) is 13.3. The number of nitrogens with one attached hydrogen (secondary N) is 2. The Kier molecular flexibility index (Phi) is 4.82. The van der Waals surface area contributed by atoms with Gasteiger partial charge in [0.05, 0.1) is 16.6 Å². The number of nitrogens with zero attached hydrogens (tertiary/aromatic N) is 2. The second-order valence-corrected chi connectivity index (χ2v) is 7.22. The molecule has 2 aromatic heterocycles. The number of benzene rings is 1. The minimum absolute atomic E-state index is 0.689. The average molecular weight is 370 g/mol. The van der Waals surface area contributed by atoms with Gasteiger partial charge in [-0.15, -0.1) is 0 Å². The van der Waals surface area contributed by atoms with E-state index in [2.05, 4.69) is 64.1 Å². The molecule has 0 radical (unpaired) electrons. The molecule has 0 amide bonds. The van der Waals surface area contributed by atoms with E-state index in [1.807, 2.05) is 18.3 Å². The highest BCUT2D eigenvalue weighted by atomic mass is 32.2. The molecule has 2 heterocycles. The molecule has 0 unspecified atom stereocenters. The van der Waals surface area contributed by atoms with Crippen LogP contribution in [0.15, 0.2) is 72.0 Å². The number of allylic oxidation sites excluding steroid dienone is 1. The van der Waals surface area contributed by atoms with Crippen molar-refractivity contribution in [2.45, 2.75) is 18.2 Å². The zero-order chi connectivity index (χ0) is 18.6. The molecule has 132 valence electrons. The Morgan fingerprint density at radius 3 is 2.93 bits per heavy atom. The lowest BCUT2D eigenvalue weighted by molar-refractivity contribution is 1.25. The lowest BCUT2D eigenvalue weighted by Gasteiger charge is -2.08. The summed E-state index contributed by atoms with van der Waals surface area (Å²) in [4.78, 5) is 8.56. The fourth-order valence-electron chi connectivity index (χ4n) is 3.18. The van der Waals surface area contributed by atoms with Gasteiger partial charge in [-0.05, 0) is 55.1 Å². The Balaban J connectivity index is 1.66. The maximum absolute atomic E-state index is 9.38. The van der Waals surface area contributed by atoms with Crippen LogP contribution in [0.4, 0.5) is 0 Å². The molecule has 0 saturated carbocycles. The van der Waals surface area contributed by atoms with Crippen LogP contribution in [0.2, 0.25) is 0 Å². The van der Waals surface area contributed by atoms with Crippen molar-refractivity contribution in [1.29, 1.82) is 5.26 Å². The van der Waals surface area contributed by atoms with Gasteiger partial charge in [0.25, 0.3) is 0 Å². The summed E-state index contributed by atoms with van der Waals surface area (Å²) < 4.78 is 3.45. The van der Waals surface area contributed by atoms with Crippen molar-refractivity contribution in [2.24, 2.45) is 0 Å². The maximum atomic E-state index is 9.38. The number of nitriles is 1. The van der Waals surface area contributed by atoms with Crippen molar-refractivity contribution in [3.8, 4) is 17.2 Å². The normalized spacial score (nSPS) is 13.0. The summed E-state index contributed by atoms with van der Waals surface area (Å²) in [6.07, 6.45) is 10.5. The van der Waals surface area contributed by atoms with E-state index in [0.29, 0.717) is 5.56 Å². The lowest BCUT2D eigenvalue weighted by Crippen LogP contribution is -2.30. The number of H-pyrrole nitrogens is 1. The molecule has 3 aromatic rings. The minimum Gasteiger partial charge on any atom is -0.358 e. The molecule has 4 nitrogen and oxygen atoms in total. The highest BCUT2D eigenvalue weighted by Crippen LogP contribution is 2.24. The summed E-state index contributed by atoms with van der Waals surface area (Å²) in [5, 5.41) is 11.4. The first kappa shape index (κ1) is 17.2. The van der Waals surface area contributed by atoms with Crippen molar-refractivity contribution >= 4 is 23.2 Å². The molecular weight excluding hydrogens is 352 g/mol. The van der Waals surface area contributed by atoms with Crippen LogP contribution in [0.1, 0.15) is 18.9 Å². The number of hydrogen-bond acceptors (Lipinski definition) is 4. The number of hydrogen-bond donors (Lipinski definition) is 2. The van der Waals surface area contributed by atoms with Crippen molar-refractivity contribution in [3.05, 3.63) is 83.3 Å². The van der Waals surface area contributed by atoms with Gasteiger partial charge in [-0.1, -0.05) is 29.8 Å². The minimum atomic E-state index is 0.689. The van der Waals surface area contributed by atoms with Crippen molar-refractivity contribution < 1.29 is 0 Å². The molecule has 1 aliphatic rings. The quantitative estimate of drug-likeness (QED) is 0.690. The zero-order valence-electron chi connectivity index (χ0n) is 14.9. The van der Waals surface area contributed by atoms with Gasteiger partial charge >= 0.3 is 0 Å². The van der Waals surface area contributed by atoms with Crippen LogP contribution < -0.4 is 15.3 Å². The third-order valence-corrected chi connectivity index (χ3v) is 5.32. The van der Waals surface area contributed by atoms with E-state index >= 15 is 0 Å². The van der Waals surface area contributed by atoms with Gasteiger partial charge < -0.3 is 9.71 Å². The number of aromatic nitrogens is 2. The molecule has 0 aliphatic heterocycles. The first-order valence-corrected chi connectivity index (χ1v) is 9.49. The third-order valence-electron chi connectivity index (χ3n) is 4.51. The largest absolute Gasteiger partial charge is 0.358 e. The molecule has 1 aromatic carbocycles. The second kappa shape index (κ2) is 7.56. The average Bonchev–Trinajstić information content (AvgIpc) is 3.08. The Bertz CT molecular complexity index is 1170. The molecule has 0 saturated heterocycles. The summed E-state index contributed by atoms with van der Waals surface area (Å²) in [5.41, 5.74) is 5.08. The smallest absolute Gasteiger partial charge is 0.101 e. The fourth-order valence-corrected chi connectivity index (χ4v) is 3.91. The van der Waals surface area contributed by atoms with Crippen LogP contribution >= 0.6 is 11.9 Å². The highest BCUT2D eigenvalue weighted by Gasteiger charge is 2.09. The standard InChI is InChI=1S/C22H18N4S/c1-15-5-2-9-20(22-21(15)18(12-23)14-25-22)26-27-19-8-3-6-16(11-19)17-7-4-10-24-13-17/h2-4,6-11,13-14,25-26H,5H2,1H3. The van der Waals surface area contributed by atoms with Crippen LogP contribution in [-0.2, 0) is 0 Å². The third kappa shape index (κ3) is 3.53. The van der Waals surface area contributed by atoms with E-state index in [1.165, 1.54) is 5.57 Å². The van der Waals surface area contributed by atoms with E-state index < -0.39 is 0 Å². The van der Waals surface area contributed by atoms with Crippen LogP contribution in [0, 0.1) is 11.3 Å². The van der Waals surface area contributed by atoms with Gasteiger partial charge in [0, 0.05) is 34.3 Å². The SMILES string of the molecule is CC1=c2c(C#N)c[nH]c2=C(NSc2cccc(-c3cccnc3)c2)C=CC1. The van der Waals surface area contributed by atoms with Gasteiger partial charge in [-0.25, -0.2) is 0 Å². The number of pyridine rings is 1. The lowest BCUT2D eigenvalue weighted by atomic mass is 10.1. The Labute approximate surface area is 162 Å². The molecule has 2 N–H and O–H groups in total. The molecule has 4 rings (SSSR count). The van der Waals surface area contributed by atoms with Crippen molar-refractivity contribution in [3.63, 3.8) is 0 Å². The van der Waals surface area contributed by atoms with Crippen LogP contribution in [0.3, 0.4) is 0 Å². The summed E-state index contributed by atoms with van der Waals surface area (Å²) in [5.74, 6) is 0. The van der Waals surface area contributed by atoms with E-state index in [9.17, 15) is 5.26 Å². The number of fused-ring (bicyclic) bond motifs is 1. The summed E-state index contributed by atoms with van der Waals surface area (Å²) in [6.45, 7) is 2.07. The summed E-state index contributed by atoms with van der Waals surface area (Å²) in [6, 6.07) is 14.6. The van der Waals surface area contributed by atoms with E-state index in [4.69, 9.17) is 0 Å². The maximum Gasteiger partial charge on any atom is 0.101 e. The topological polar surface area (TPSA) is 64.5 Å². The highest BCUT2D eigenvalue weighted by molar-refractivity contribution is 7.97. The predicted molar refractivity (Wildman–Crippen MR) is 110 cm³/mol. The predicted octanol–water partition coefficient (Wildman–Crippen LogP) is 3.48. The molecule has 0 atom stereocenters. The fraction of sp³-hybridized carbons (Fsp3) is 0.0909. The molecule has 27 heavy (non-hydrogen) atoms. The number of rotatable bonds is 4. The van der Waals surface area contributed by atoms with Crippen molar-refractivity contribution in [2.75, 3.05) is 0 Å². The molecule has 5 heteroatoms. The molecular formula is C22H18N4S. The summed E-state index contributed by atoms with van der Waals surface area (Å²) >= 11 is 1.56. The Morgan fingerprint density at radius 2 is 2.11 bits per heavy atom.